The van der Waals surface area contributed by atoms with Gasteiger partial charge in [-0.05, 0) is 31.5 Å². The molecule has 6 heteroatoms. The Hall–Kier alpha value is -2.47. The molecule has 0 saturated heterocycles. The van der Waals surface area contributed by atoms with Gasteiger partial charge < -0.3 is 4.74 Å². The smallest absolute Gasteiger partial charge is 0.312 e. The summed E-state index contributed by atoms with van der Waals surface area (Å²) < 4.78 is 6.68. The summed E-state index contributed by atoms with van der Waals surface area (Å²) in [7, 11) is 0. The number of esters is 1. The van der Waals surface area contributed by atoms with Crippen molar-refractivity contribution >= 4 is 27.5 Å². The minimum atomic E-state index is -0.374. The van der Waals surface area contributed by atoms with Crippen LogP contribution in [0, 0.1) is 13.8 Å². The highest BCUT2D eigenvalue weighted by Crippen LogP contribution is 2.25. The number of aryl methyl sites for hydroxylation is 3. The van der Waals surface area contributed by atoms with E-state index in [0.717, 1.165) is 15.3 Å². The third-order valence-corrected chi connectivity index (χ3v) is 4.80. The molecule has 0 aliphatic rings. The molecule has 0 saturated carbocycles. The van der Waals surface area contributed by atoms with Crippen LogP contribution in [0.3, 0.4) is 0 Å². The van der Waals surface area contributed by atoms with Crippen LogP contribution < -0.4 is 10.3 Å². The number of carbonyl (C=O) groups excluding carboxylic acids is 1. The van der Waals surface area contributed by atoms with E-state index in [1.165, 1.54) is 22.2 Å². The van der Waals surface area contributed by atoms with Gasteiger partial charge in [0.1, 0.15) is 10.6 Å². The molecule has 0 atom stereocenters. The Labute approximate surface area is 137 Å². The average molecular weight is 328 g/mol. The number of ether oxygens (including phenoxy) is 1. The molecule has 23 heavy (non-hydrogen) atoms. The Balaban J connectivity index is 1.75. The van der Waals surface area contributed by atoms with Crippen molar-refractivity contribution in [1.82, 2.24) is 9.55 Å². The molecule has 5 nitrogen and oxygen atoms in total. The van der Waals surface area contributed by atoms with E-state index in [4.69, 9.17) is 4.74 Å². The minimum absolute atomic E-state index is 0.107. The molecule has 0 unspecified atom stereocenters. The first-order chi connectivity index (χ1) is 11.1. The second-order valence-corrected chi connectivity index (χ2v) is 6.45. The Bertz CT molecular complexity index is 913. The van der Waals surface area contributed by atoms with Crippen LogP contribution in [0.15, 0.2) is 41.5 Å². The van der Waals surface area contributed by atoms with Gasteiger partial charge in [-0.1, -0.05) is 18.2 Å². The SMILES string of the molecule is Cc1sc2ncn(CCC(=O)Oc3ccccc3)c(=O)c2c1C. The monoisotopic (exact) mass is 328 g/mol. The number of thiophene rings is 1. The summed E-state index contributed by atoms with van der Waals surface area (Å²) in [6.45, 7) is 4.15. The number of benzene rings is 1. The highest BCUT2D eigenvalue weighted by Gasteiger charge is 2.13. The standard InChI is InChI=1S/C17H16N2O3S/c1-11-12(2)23-16-15(11)17(21)19(10-18-16)9-8-14(20)22-13-6-4-3-5-7-13/h3-7,10H,8-9H2,1-2H3. The predicted molar refractivity (Wildman–Crippen MR) is 90.0 cm³/mol. The molecule has 2 aromatic heterocycles. The van der Waals surface area contributed by atoms with Gasteiger partial charge in [-0.15, -0.1) is 11.3 Å². The molecule has 118 valence electrons. The summed E-state index contributed by atoms with van der Waals surface area (Å²) in [5.74, 6) is 0.129. The van der Waals surface area contributed by atoms with Gasteiger partial charge in [-0.2, -0.15) is 0 Å². The molecule has 0 amide bonds. The van der Waals surface area contributed by atoms with Crippen molar-refractivity contribution in [1.29, 1.82) is 0 Å². The van der Waals surface area contributed by atoms with E-state index in [1.54, 1.807) is 24.3 Å². The van der Waals surface area contributed by atoms with Crippen LogP contribution in [0.2, 0.25) is 0 Å². The average Bonchev–Trinajstić information content (AvgIpc) is 2.83. The Morgan fingerprint density at radius 1 is 1.26 bits per heavy atom. The Kier molecular flexibility index (Phi) is 4.25. The largest absolute Gasteiger partial charge is 0.426 e. The van der Waals surface area contributed by atoms with Crippen molar-refractivity contribution in [2.75, 3.05) is 0 Å². The number of hydrogen-bond acceptors (Lipinski definition) is 5. The Morgan fingerprint density at radius 3 is 2.74 bits per heavy atom. The molecule has 0 spiro atoms. The molecule has 0 fully saturated rings. The zero-order valence-electron chi connectivity index (χ0n) is 12.9. The van der Waals surface area contributed by atoms with Gasteiger partial charge in [-0.3, -0.25) is 14.2 Å². The van der Waals surface area contributed by atoms with Crippen LogP contribution in [0.25, 0.3) is 10.2 Å². The van der Waals surface area contributed by atoms with Crippen molar-refractivity contribution in [3.8, 4) is 5.75 Å². The van der Waals surface area contributed by atoms with E-state index >= 15 is 0 Å². The molecule has 3 rings (SSSR count). The fourth-order valence-electron chi connectivity index (χ4n) is 2.31. The van der Waals surface area contributed by atoms with Crippen LogP contribution in [-0.4, -0.2) is 15.5 Å². The van der Waals surface area contributed by atoms with E-state index in [-0.39, 0.29) is 24.5 Å². The fraction of sp³-hybridized carbons (Fsp3) is 0.235. The van der Waals surface area contributed by atoms with Gasteiger partial charge in [0.2, 0.25) is 0 Å². The van der Waals surface area contributed by atoms with Gasteiger partial charge >= 0.3 is 5.97 Å². The lowest BCUT2D eigenvalue weighted by atomic mass is 10.2. The molecule has 0 N–H and O–H groups in total. The van der Waals surface area contributed by atoms with Gasteiger partial charge in [0.05, 0.1) is 18.1 Å². The molecular weight excluding hydrogens is 312 g/mol. The highest BCUT2D eigenvalue weighted by atomic mass is 32.1. The number of carbonyl (C=O) groups is 1. The number of aromatic nitrogens is 2. The molecule has 1 aromatic carbocycles. The molecular formula is C17H16N2O3S. The van der Waals surface area contributed by atoms with Crippen molar-refractivity contribution in [3.05, 3.63) is 57.5 Å². The molecule has 2 heterocycles. The van der Waals surface area contributed by atoms with Gasteiger partial charge in [-0.25, -0.2) is 4.98 Å². The first kappa shape index (κ1) is 15.4. The lowest BCUT2D eigenvalue weighted by molar-refractivity contribution is -0.134. The second-order valence-electron chi connectivity index (χ2n) is 5.24. The number of hydrogen-bond donors (Lipinski definition) is 0. The first-order valence-electron chi connectivity index (χ1n) is 7.27. The maximum atomic E-state index is 12.5. The van der Waals surface area contributed by atoms with Crippen molar-refractivity contribution in [2.45, 2.75) is 26.8 Å². The van der Waals surface area contributed by atoms with E-state index in [1.807, 2.05) is 19.9 Å². The van der Waals surface area contributed by atoms with Crippen molar-refractivity contribution in [3.63, 3.8) is 0 Å². The van der Waals surface area contributed by atoms with E-state index in [9.17, 15) is 9.59 Å². The fourth-order valence-corrected chi connectivity index (χ4v) is 3.30. The topological polar surface area (TPSA) is 61.2 Å². The van der Waals surface area contributed by atoms with Gasteiger partial charge in [0, 0.05) is 11.4 Å². The summed E-state index contributed by atoms with van der Waals surface area (Å²) in [6, 6.07) is 8.88. The van der Waals surface area contributed by atoms with Gasteiger partial charge in [0.15, 0.2) is 0 Å². The third-order valence-electron chi connectivity index (χ3n) is 3.69. The van der Waals surface area contributed by atoms with Crippen LogP contribution in [0.5, 0.6) is 5.75 Å². The van der Waals surface area contributed by atoms with E-state index in [2.05, 4.69) is 4.98 Å². The van der Waals surface area contributed by atoms with Crippen LogP contribution in [0.4, 0.5) is 0 Å². The zero-order valence-corrected chi connectivity index (χ0v) is 13.7. The third kappa shape index (κ3) is 3.17. The molecule has 0 bridgehead atoms. The molecule has 0 aliphatic carbocycles. The normalized spacial score (nSPS) is 10.9. The van der Waals surface area contributed by atoms with Gasteiger partial charge in [0.25, 0.3) is 5.56 Å². The van der Waals surface area contributed by atoms with E-state index < -0.39 is 0 Å². The number of fused-ring (bicyclic) bond motifs is 1. The quantitative estimate of drug-likeness (QED) is 0.545. The Morgan fingerprint density at radius 2 is 2.00 bits per heavy atom. The summed E-state index contributed by atoms with van der Waals surface area (Å²) in [4.78, 5) is 30.5. The molecule has 0 aliphatic heterocycles. The number of para-hydroxylation sites is 1. The number of nitrogens with zero attached hydrogens (tertiary/aromatic N) is 2. The summed E-state index contributed by atoms with van der Waals surface area (Å²) in [5, 5.41) is 0.645. The molecule has 3 aromatic rings. The maximum Gasteiger partial charge on any atom is 0.312 e. The lowest BCUT2D eigenvalue weighted by Crippen LogP contribution is -2.23. The van der Waals surface area contributed by atoms with Crippen molar-refractivity contribution in [2.24, 2.45) is 0 Å². The first-order valence-corrected chi connectivity index (χ1v) is 8.09. The summed E-state index contributed by atoms with van der Waals surface area (Å²) in [6.07, 6.45) is 1.61. The zero-order chi connectivity index (χ0) is 16.4. The summed E-state index contributed by atoms with van der Waals surface area (Å²) >= 11 is 1.51. The van der Waals surface area contributed by atoms with Crippen LogP contribution in [0.1, 0.15) is 16.9 Å². The predicted octanol–water partition coefficient (Wildman–Crippen LogP) is 3.07. The number of rotatable bonds is 4. The highest BCUT2D eigenvalue weighted by molar-refractivity contribution is 7.18. The molecule has 0 radical (unpaired) electrons. The minimum Gasteiger partial charge on any atom is -0.426 e. The van der Waals surface area contributed by atoms with Crippen molar-refractivity contribution < 1.29 is 9.53 Å². The van der Waals surface area contributed by atoms with Crippen LogP contribution >= 0.6 is 11.3 Å². The van der Waals surface area contributed by atoms with E-state index in [0.29, 0.717) is 11.1 Å². The van der Waals surface area contributed by atoms with Crippen LogP contribution in [-0.2, 0) is 11.3 Å². The summed E-state index contributed by atoms with van der Waals surface area (Å²) in [5.41, 5.74) is 0.855. The lowest BCUT2D eigenvalue weighted by Gasteiger charge is -2.06. The second kappa shape index (κ2) is 6.34. The maximum absolute atomic E-state index is 12.5.